The summed E-state index contributed by atoms with van der Waals surface area (Å²) in [5, 5.41) is 9.41. The van der Waals surface area contributed by atoms with Gasteiger partial charge in [-0.05, 0) is 20.8 Å². The zero-order valence-electron chi connectivity index (χ0n) is 14.2. The van der Waals surface area contributed by atoms with Crippen LogP contribution in [-0.2, 0) is 16.6 Å². The molecule has 0 aliphatic rings. The fourth-order valence-corrected chi connectivity index (χ4v) is 1.86. The van der Waals surface area contributed by atoms with Crippen molar-refractivity contribution in [3.05, 3.63) is 18.6 Å². The van der Waals surface area contributed by atoms with Crippen molar-refractivity contribution in [2.24, 2.45) is 7.05 Å². The molecule has 0 atom stereocenters. The molecule has 0 saturated heterocycles. The molecule has 2 N–H and O–H groups in total. The number of carbonyl (C=O) groups excluding carboxylic acids is 2. The van der Waals surface area contributed by atoms with Gasteiger partial charge in [-0.2, -0.15) is 5.10 Å². The Kier molecular flexibility index (Phi) is 4.82. The Hall–Kier alpha value is -2.97. The van der Waals surface area contributed by atoms with E-state index in [-0.39, 0.29) is 5.91 Å². The van der Waals surface area contributed by atoms with Gasteiger partial charge in [0.1, 0.15) is 17.7 Å². The summed E-state index contributed by atoms with van der Waals surface area (Å²) in [4.78, 5) is 31.5. The molecule has 2 heterocycles. The normalized spacial score (nSPS) is 11.0. The molecule has 0 saturated carbocycles. The summed E-state index contributed by atoms with van der Waals surface area (Å²) in [5.41, 5.74) is 0.255. The summed E-state index contributed by atoms with van der Waals surface area (Å²) in [6.07, 6.45) is 2.39. The molecule has 128 valence electrons. The number of nitrogens with one attached hydrogen (secondary N) is 2. The van der Waals surface area contributed by atoms with Crippen LogP contribution in [0.1, 0.15) is 27.7 Å². The molecule has 0 unspecified atom stereocenters. The van der Waals surface area contributed by atoms with Crippen LogP contribution in [0.15, 0.2) is 18.6 Å². The summed E-state index contributed by atoms with van der Waals surface area (Å²) in [7, 11) is 1.73. The number of nitrogens with zero attached hydrogens (tertiary/aromatic N) is 4. The Morgan fingerprint density at radius 3 is 2.46 bits per heavy atom. The molecule has 0 bridgehead atoms. The van der Waals surface area contributed by atoms with Gasteiger partial charge in [-0.1, -0.05) is 0 Å². The fraction of sp³-hybridized carbons (Fsp3) is 0.400. The average molecular weight is 332 g/mol. The Bertz CT molecular complexity index is 763. The number of amides is 2. The number of ether oxygens (including phenoxy) is 1. The van der Waals surface area contributed by atoms with E-state index in [1.807, 2.05) is 0 Å². The minimum atomic E-state index is -0.638. The summed E-state index contributed by atoms with van der Waals surface area (Å²) >= 11 is 0. The van der Waals surface area contributed by atoms with Crippen molar-refractivity contribution < 1.29 is 14.3 Å². The number of hydrogen-bond acceptors (Lipinski definition) is 6. The molecule has 0 aliphatic heterocycles. The van der Waals surface area contributed by atoms with Gasteiger partial charge < -0.3 is 10.1 Å². The third-order valence-electron chi connectivity index (χ3n) is 2.68. The van der Waals surface area contributed by atoms with Gasteiger partial charge in [-0.15, -0.1) is 0 Å². The maximum Gasteiger partial charge on any atom is 0.412 e. The van der Waals surface area contributed by atoms with Gasteiger partial charge in [0.05, 0.1) is 11.3 Å². The van der Waals surface area contributed by atoms with E-state index in [0.717, 1.165) is 0 Å². The van der Waals surface area contributed by atoms with Gasteiger partial charge in [-0.3, -0.25) is 14.8 Å². The van der Waals surface area contributed by atoms with E-state index in [1.165, 1.54) is 30.2 Å². The zero-order valence-corrected chi connectivity index (χ0v) is 14.2. The average Bonchev–Trinajstić information content (AvgIpc) is 2.82. The van der Waals surface area contributed by atoms with Crippen LogP contribution in [-0.4, -0.2) is 37.3 Å². The molecule has 0 fully saturated rings. The fourth-order valence-electron chi connectivity index (χ4n) is 1.86. The number of aromatic nitrogens is 4. The summed E-state index contributed by atoms with van der Waals surface area (Å²) in [5.74, 6) is 0.424. The van der Waals surface area contributed by atoms with Gasteiger partial charge in [0, 0.05) is 26.2 Å². The molecular formula is C15H20N6O3. The van der Waals surface area contributed by atoms with Crippen LogP contribution in [0.2, 0.25) is 0 Å². The molecule has 24 heavy (non-hydrogen) atoms. The predicted molar refractivity (Wildman–Crippen MR) is 88.4 cm³/mol. The largest absolute Gasteiger partial charge is 0.444 e. The summed E-state index contributed by atoms with van der Waals surface area (Å²) < 4.78 is 6.79. The van der Waals surface area contributed by atoms with E-state index >= 15 is 0 Å². The van der Waals surface area contributed by atoms with E-state index in [1.54, 1.807) is 27.8 Å². The first kappa shape index (κ1) is 17.4. The van der Waals surface area contributed by atoms with Crippen LogP contribution in [0.5, 0.6) is 0 Å². The lowest BCUT2D eigenvalue weighted by Gasteiger charge is -2.20. The van der Waals surface area contributed by atoms with Crippen LogP contribution >= 0.6 is 0 Å². The number of pyridine rings is 1. The lowest BCUT2D eigenvalue weighted by molar-refractivity contribution is -0.114. The predicted octanol–water partition coefficient (Wildman–Crippen LogP) is 2.18. The Morgan fingerprint density at radius 1 is 1.21 bits per heavy atom. The maximum atomic E-state index is 12.1. The highest BCUT2D eigenvalue weighted by Crippen LogP contribution is 2.27. The first-order chi connectivity index (χ1) is 11.1. The second-order valence-electron chi connectivity index (χ2n) is 6.17. The maximum absolute atomic E-state index is 12.1. The topological polar surface area (TPSA) is 111 Å². The minimum absolute atomic E-state index is 0.269. The lowest BCUT2D eigenvalue weighted by Crippen LogP contribution is -2.27. The molecule has 9 nitrogen and oxygen atoms in total. The van der Waals surface area contributed by atoms with Crippen LogP contribution < -0.4 is 10.6 Å². The molecule has 2 aromatic rings. The second kappa shape index (κ2) is 6.65. The third kappa shape index (κ3) is 4.77. The molecule has 9 heteroatoms. The zero-order chi connectivity index (χ0) is 17.9. The summed E-state index contributed by atoms with van der Waals surface area (Å²) in [6, 6.07) is 1.52. The number of anilines is 2. The molecule has 2 amide bonds. The van der Waals surface area contributed by atoms with Crippen molar-refractivity contribution in [2.75, 3.05) is 10.6 Å². The van der Waals surface area contributed by atoms with Crippen molar-refractivity contribution in [3.8, 4) is 11.4 Å². The highest BCUT2D eigenvalue weighted by molar-refractivity contribution is 5.93. The van der Waals surface area contributed by atoms with Crippen molar-refractivity contribution in [1.82, 2.24) is 19.7 Å². The van der Waals surface area contributed by atoms with Crippen molar-refractivity contribution >= 4 is 23.5 Å². The van der Waals surface area contributed by atoms with Crippen LogP contribution in [0.4, 0.5) is 16.3 Å². The highest BCUT2D eigenvalue weighted by atomic mass is 16.6. The van der Waals surface area contributed by atoms with Gasteiger partial charge in [0.25, 0.3) is 0 Å². The molecule has 2 aromatic heterocycles. The molecule has 0 spiro atoms. The Labute approximate surface area is 139 Å². The summed E-state index contributed by atoms with van der Waals surface area (Å²) in [6.45, 7) is 6.67. The number of rotatable bonds is 3. The van der Waals surface area contributed by atoms with Crippen molar-refractivity contribution in [1.29, 1.82) is 0 Å². The van der Waals surface area contributed by atoms with Crippen LogP contribution in [0, 0.1) is 0 Å². The standard InChI is InChI=1S/C15H20N6O3/c1-9(22)18-12-6-11(19-14(23)24-15(2,3)4)10(7-16-12)13-17-8-21(5)20-13/h6-8H,1-5H3,(H2,16,18,19,22,23). The van der Waals surface area contributed by atoms with E-state index < -0.39 is 11.7 Å². The first-order valence-electron chi connectivity index (χ1n) is 7.28. The van der Waals surface area contributed by atoms with E-state index in [0.29, 0.717) is 22.9 Å². The second-order valence-corrected chi connectivity index (χ2v) is 6.17. The van der Waals surface area contributed by atoms with Gasteiger partial charge in [-0.25, -0.2) is 14.8 Å². The van der Waals surface area contributed by atoms with Crippen LogP contribution in [0.3, 0.4) is 0 Å². The minimum Gasteiger partial charge on any atom is -0.444 e. The van der Waals surface area contributed by atoms with Crippen molar-refractivity contribution in [3.63, 3.8) is 0 Å². The first-order valence-corrected chi connectivity index (χ1v) is 7.28. The lowest BCUT2D eigenvalue weighted by atomic mass is 10.2. The van der Waals surface area contributed by atoms with Crippen molar-refractivity contribution in [2.45, 2.75) is 33.3 Å². The van der Waals surface area contributed by atoms with E-state index in [2.05, 4.69) is 25.7 Å². The SMILES string of the molecule is CC(=O)Nc1cc(NC(=O)OC(C)(C)C)c(-c2ncn(C)n2)cn1. The van der Waals surface area contributed by atoms with Gasteiger partial charge in [0.2, 0.25) is 5.91 Å². The number of carbonyl (C=O) groups is 2. The third-order valence-corrected chi connectivity index (χ3v) is 2.68. The molecular weight excluding hydrogens is 312 g/mol. The quantitative estimate of drug-likeness (QED) is 0.891. The van der Waals surface area contributed by atoms with Crippen LogP contribution in [0.25, 0.3) is 11.4 Å². The molecule has 0 aliphatic carbocycles. The van der Waals surface area contributed by atoms with E-state index in [4.69, 9.17) is 4.74 Å². The monoisotopic (exact) mass is 332 g/mol. The Balaban J connectivity index is 2.36. The molecule has 0 radical (unpaired) electrons. The van der Waals surface area contributed by atoms with Gasteiger partial charge >= 0.3 is 6.09 Å². The molecule has 2 rings (SSSR count). The Morgan fingerprint density at radius 2 is 1.92 bits per heavy atom. The highest BCUT2D eigenvalue weighted by Gasteiger charge is 2.19. The van der Waals surface area contributed by atoms with Gasteiger partial charge in [0.15, 0.2) is 5.82 Å². The smallest absolute Gasteiger partial charge is 0.412 e. The number of aryl methyl sites for hydroxylation is 1. The van der Waals surface area contributed by atoms with E-state index in [9.17, 15) is 9.59 Å². The number of hydrogen-bond donors (Lipinski definition) is 2. The molecule has 0 aromatic carbocycles.